The number of primary amides is 1. The Kier molecular flexibility index (Phi) is 2.04. The molecule has 0 bridgehead atoms. The molecule has 3 N–H and O–H groups in total. The summed E-state index contributed by atoms with van der Waals surface area (Å²) in [5, 5.41) is 10.4. The molecule has 1 aromatic heterocycles. The summed E-state index contributed by atoms with van der Waals surface area (Å²) in [6.45, 7) is 1.83. The van der Waals surface area contributed by atoms with E-state index in [0.717, 1.165) is 5.69 Å². The zero-order valence-corrected chi connectivity index (χ0v) is 8.19. The Morgan fingerprint density at radius 1 is 1.40 bits per heavy atom. The lowest BCUT2D eigenvalue weighted by Gasteiger charge is -2.03. The Bertz CT molecular complexity index is 550. The third-order valence-electron chi connectivity index (χ3n) is 2.20. The number of phenolic OH excluding ortho intramolecular Hbond substituents is 1. The van der Waals surface area contributed by atoms with Crippen molar-refractivity contribution in [3.05, 3.63) is 35.5 Å². The number of carbonyl (C=O) groups excluding carboxylic acids is 1. The minimum absolute atomic E-state index is 0.0231. The Labute approximate surface area is 86.4 Å². The molecule has 4 heteroatoms. The van der Waals surface area contributed by atoms with Crippen LogP contribution in [0.4, 0.5) is 0 Å². The molecule has 1 aromatic carbocycles. The Morgan fingerprint density at radius 3 is 2.80 bits per heavy atom. The first-order chi connectivity index (χ1) is 7.08. The zero-order chi connectivity index (χ0) is 11.0. The van der Waals surface area contributed by atoms with Gasteiger partial charge in [0.25, 0.3) is 0 Å². The number of amides is 1. The highest BCUT2D eigenvalue weighted by atomic mass is 16.3. The van der Waals surface area contributed by atoms with Crippen LogP contribution in [0.1, 0.15) is 16.1 Å². The largest absolute Gasteiger partial charge is 0.506 e. The number of pyridine rings is 1. The van der Waals surface area contributed by atoms with Crippen molar-refractivity contribution in [3.8, 4) is 5.75 Å². The van der Waals surface area contributed by atoms with Crippen LogP contribution in [0, 0.1) is 6.92 Å². The molecule has 15 heavy (non-hydrogen) atoms. The number of aromatic hydroxyl groups is 1. The van der Waals surface area contributed by atoms with Gasteiger partial charge in [-0.1, -0.05) is 6.07 Å². The zero-order valence-electron chi connectivity index (χ0n) is 8.19. The van der Waals surface area contributed by atoms with Gasteiger partial charge in [-0.05, 0) is 25.1 Å². The molecule has 0 unspecified atom stereocenters. The van der Waals surface area contributed by atoms with Gasteiger partial charge in [-0.3, -0.25) is 4.79 Å². The fraction of sp³-hybridized carbons (Fsp3) is 0.0909. The Hall–Kier alpha value is -2.10. The van der Waals surface area contributed by atoms with E-state index in [-0.39, 0.29) is 11.3 Å². The smallest absolute Gasteiger partial charge is 0.248 e. The standard InChI is InChI=1S/C11H10N2O2/c1-6-2-3-7-4-8(11(12)15)5-9(14)10(7)13-6/h2-5,14H,1H3,(H2,12,15). The summed E-state index contributed by atoms with van der Waals surface area (Å²) in [5.74, 6) is -0.585. The van der Waals surface area contributed by atoms with Gasteiger partial charge in [0.15, 0.2) is 0 Å². The monoisotopic (exact) mass is 202 g/mol. The van der Waals surface area contributed by atoms with Crippen molar-refractivity contribution < 1.29 is 9.90 Å². The molecule has 0 aliphatic heterocycles. The van der Waals surface area contributed by atoms with E-state index in [2.05, 4.69) is 4.98 Å². The molecule has 4 nitrogen and oxygen atoms in total. The van der Waals surface area contributed by atoms with Gasteiger partial charge < -0.3 is 10.8 Å². The summed E-state index contributed by atoms with van der Waals surface area (Å²) >= 11 is 0. The molecule has 0 aliphatic rings. The first kappa shape index (κ1) is 9.45. The van der Waals surface area contributed by atoms with E-state index in [1.807, 2.05) is 13.0 Å². The predicted octanol–water partition coefficient (Wildman–Crippen LogP) is 1.35. The van der Waals surface area contributed by atoms with E-state index in [1.165, 1.54) is 6.07 Å². The molecular weight excluding hydrogens is 192 g/mol. The highest BCUT2D eigenvalue weighted by Gasteiger charge is 2.07. The molecule has 0 saturated carbocycles. The number of hydrogen-bond acceptors (Lipinski definition) is 3. The van der Waals surface area contributed by atoms with Crippen LogP contribution in [0.25, 0.3) is 10.9 Å². The molecule has 0 atom stereocenters. The molecule has 0 aliphatic carbocycles. The van der Waals surface area contributed by atoms with Gasteiger partial charge in [0, 0.05) is 16.6 Å². The number of aryl methyl sites for hydroxylation is 1. The second kappa shape index (κ2) is 3.24. The summed E-state index contributed by atoms with van der Waals surface area (Å²) in [5.41, 5.74) is 6.71. The summed E-state index contributed by atoms with van der Waals surface area (Å²) in [6.07, 6.45) is 0. The van der Waals surface area contributed by atoms with Gasteiger partial charge >= 0.3 is 0 Å². The number of nitrogens with zero attached hydrogens (tertiary/aromatic N) is 1. The minimum atomic E-state index is -0.562. The van der Waals surface area contributed by atoms with Crippen molar-refractivity contribution in [2.24, 2.45) is 5.73 Å². The SMILES string of the molecule is Cc1ccc2cc(C(N)=O)cc(O)c2n1. The van der Waals surface area contributed by atoms with Crippen molar-refractivity contribution in [3.63, 3.8) is 0 Å². The molecule has 0 fully saturated rings. The number of hydrogen-bond donors (Lipinski definition) is 2. The number of benzene rings is 1. The van der Waals surface area contributed by atoms with Crippen LogP contribution in [0.3, 0.4) is 0 Å². The molecule has 0 radical (unpaired) electrons. The van der Waals surface area contributed by atoms with E-state index in [1.54, 1.807) is 12.1 Å². The number of rotatable bonds is 1. The third kappa shape index (κ3) is 1.61. The Morgan fingerprint density at radius 2 is 2.13 bits per heavy atom. The van der Waals surface area contributed by atoms with E-state index >= 15 is 0 Å². The highest BCUT2D eigenvalue weighted by Crippen LogP contribution is 2.24. The average Bonchev–Trinajstić information content (AvgIpc) is 2.18. The molecule has 1 heterocycles. The van der Waals surface area contributed by atoms with Gasteiger partial charge in [0.2, 0.25) is 5.91 Å². The molecule has 0 spiro atoms. The summed E-state index contributed by atoms with van der Waals surface area (Å²) < 4.78 is 0. The van der Waals surface area contributed by atoms with Gasteiger partial charge in [0.1, 0.15) is 11.3 Å². The van der Waals surface area contributed by atoms with Crippen molar-refractivity contribution in [2.75, 3.05) is 0 Å². The summed E-state index contributed by atoms with van der Waals surface area (Å²) in [4.78, 5) is 15.1. The minimum Gasteiger partial charge on any atom is -0.506 e. The maximum atomic E-state index is 11.0. The molecule has 2 aromatic rings. The first-order valence-corrected chi connectivity index (χ1v) is 4.48. The third-order valence-corrected chi connectivity index (χ3v) is 2.20. The van der Waals surface area contributed by atoms with E-state index in [4.69, 9.17) is 5.73 Å². The van der Waals surface area contributed by atoms with Crippen LogP contribution >= 0.6 is 0 Å². The van der Waals surface area contributed by atoms with Crippen LogP contribution < -0.4 is 5.73 Å². The van der Waals surface area contributed by atoms with Crippen LogP contribution in [0.5, 0.6) is 5.75 Å². The van der Waals surface area contributed by atoms with Crippen LogP contribution in [-0.2, 0) is 0 Å². The van der Waals surface area contributed by atoms with Gasteiger partial charge in [-0.15, -0.1) is 0 Å². The number of phenols is 1. The van der Waals surface area contributed by atoms with Crippen molar-refractivity contribution in [2.45, 2.75) is 6.92 Å². The van der Waals surface area contributed by atoms with E-state index in [0.29, 0.717) is 10.9 Å². The van der Waals surface area contributed by atoms with E-state index in [9.17, 15) is 9.90 Å². The van der Waals surface area contributed by atoms with Crippen molar-refractivity contribution >= 4 is 16.8 Å². The second-order valence-electron chi connectivity index (χ2n) is 3.38. The predicted molar refractivity (Wildman–Crippen MR) is 56.7 cm³/mol. The van der Waals surface area contributed by atoms with Gasteiger partial charge in [-0.2, -0.15) is 0 Å². The summed E-state index contributed by atoms with van der Waals surface area (Å²) in [6, 6.07) is 6.55. The molecule has 2 rings (SSSR count). The van der Waals surface area contributed by atoms with Crippen LogP contribution in [-0.4, -0.2) is 16.0 Å². The van der Waals surface area contributed by atoms with Crippen LogP contribution in [0.15, 0.2) is 24.3 Å². The quantitative estimate of drug-likeness (QED) is 0.732. The maximum Gasteiger partial charge on any atom is 0.248 e. The molecule has 0 saturated heterocycles. The first-order valence-electron chi connectivity index (χ1n) is 4.48. The van der Waals surface area contributed by atoms with Crippen molar-refractivity contribution in [1.29, 1.82) is 0 Å². The van der Waals surface area contributed by atoms with Crippen molar-refractivity contribution in [1.82, 2.24) is 4.98 Å². The second-order valence-corrected chi connectivity index (χ2v) is 3.38. The fourth-order valence-corrected chi connectivity index (χ4v) is 1.46. The molecule has 76 valence electrons. The lowest BCUT2D eigenvalue weighted by atomic mass is 10.1. The number of nitrogens with two attached hydrogens (primary N) is 1. The topological polar surface area (TPSA) is 76.2 Å². The lowest BCUT2D eigenvalue weighted by Crippen LogP contribution is -2.10. The highest BCUT2D eigenvalue weighted by molar-refractivity contribution is 5.98. The maximum absolute atomic E-state index is 11.0. The molecule has 1 amide bonds. The molecular formula is C11H10N2O2. The van der Waals surface area contributed by atoms with E-state index < -0.39 is 5.91 Å². The normalized spacial score (nSPS) is 10.5. The van der Waals surface area contributed by atoms with Gasteiger partial charge in [0.05, 0.1) is 0 Å². The lowest BCUT2D eigenvalue weighted by molar-refractivity contribution is 0.1000. The summed E-state index contributed by atoms with van der Waals surface area (Å²) in [7, 11) is 0. The van der Waals surface area contributed by atoms with Crippen LogP contribution in [0.2, 0.25) is 0 Å². The fourth-order valence-electron chi connectivity index (χ4n) is 1.46. The Balaban J connectivity index is 2.78. The number of fused-ring (bicyclic) bond motifs is 1. The number of aromatic nitrogens is 1. The van der Waals surface area contributed by atoms with Gasteiger partial charge in [-0.25, -0.2) is 4.98 Å². The number of carbonyl (C=O) groups is 1. The average molecular weight is 202 g/mol.